The molecule has 0 aromatic carbocycles. The third kappa shape index (κ3) is 2.75. The minimum atomic E-state index is -3.52. The number of nitrogens with one attached hydrogen (secondary N) is 1. The van der Waals surface area contributed by atoms with E-state index in [1.807, 2.05) is 13.8 Å². The summed E-state index contributed by atoms with van der Waals surface area (Å²) in [6.07, 6.45) is 3.58. The molecule has 90 valence electrons. The van der Waals surface area contributed by atoms with E-state index >= 15 is 0 Å². The summed E-state index contributed by atoms with van der Waals surface area (Å²) in [4.78, 5) is -0.0131. The number of hydrogen-bond donors (Lipinski definition) is 1. The van der Waals surface area contributed by atoms with E-state index in [2.05, 4.69) is 6.58 Å². The summed E-state index contributed by atoms with van der Waals surface area (Å²) in [5, 5.41) is 7.13. The zero-order valence-corrected chi connectivity index (χ0v) is 11.1. The van der Waals surface area contributed by atoms with E-state index in [-0.39, 0.29) is 9.65 Å². The third-order valence-electron chi connectivity index (χ3n) is 2.22. The molecule has 16 heavy (non-hydrogen) atoms. The molecule has 0 atom stereocenters. The summed E-state index contributed by atoms with van der Waals surface area (Å²) in [6.45, 7) is 7.94. The molecule has 1 N–H and O–H groups in total. The smallest absolute Gasteiger partial charge is 0.245 e. The van der Waals surface area contributed by atoms with Crippen molar-refractivity contribution in [1.29, 1.82) is 5.41 Å². The minimum Gasteiger partial charge on any atom is -0.307 e. The molecule has 1 aliphatic rings. The third-order valence-corrected chi connectivity index (χ3v) is 5.52. The molecule has 0 aliphatic carbocycles. The maximum Gasteiger partial charge on any atom is 0.245 e. The van der Waals surface area contributed by atoms with Crippen LogP contribution in [0.15, 0.2) is 23.6 Å². The maximum atomic E-state index is 12.1. The highest BCUT2D eigenvalue weighted by Crippen LogP contribution is 2.35. The van der Waals surface area contributed by atoms with Crippen LogP contribution in [0.3, 0.4) is 0 Å². The molecule has 1 aliphatic heterocycles. The molecule has 0 spiro atoms. The van der Waals surface area contributed by atoms with Gasteiger partial charge in [0.25, 0.3) is 0 Å². The highest BCUT2D eigenvalue weighted by molar-refractivity contribution is 8.02. The SMILES string of the molecule is C=C/C=C(\C=N)S(=O)(=O)N1CSC(C)(C)C1. The van der Waals surface area contributed by atoms with Crippen LogP contribution >= 0.6 is 11.8 Å². The van der Waals surface area contributed by atoms with Gasteiger partial charge in [-0.15, -0.1) is 11.8 Å². The Kier molecular flexibility index (Phi) is 3.98. The van der Waals surface area contributed by atoms with Crippen LogP contribution in [0.4, 0.5) is 0 Å². The first-order valence-corrected chi connectivity index (χ1v) is 7.23. The van der Waals surface area contributed by atoms with Gasteiger partial charge in [0.05, 0.1) is 10.8 Å². The summed E-state index contributed by atoms with van der Waals surface area (Å²) in [5.41, 5.74) is 0. The number of rotatable bonds is 4. The van der Waals surface area contributed by atoms with Crippen LogP contribution in [0.25, 0.3) is 0 Å². The van der Waals surface area contributed by atoms with Crippen LogP contribution in [0.5, 0.6) is 0 Å². The number of thioether (sulfide) groups is 1. The largest absolute Gasteiger partial charge is 0.307 e. The van der Waals surface area contributed by atoms with Gasteiger partial charge >= 0.3 is 0 Å². The molecule has 6 heteroatoms. The maximum absolute atomic E-state index is 12.1. The number of nitrogens with zero attached hydrogens (tertiary/aromatic N) is 1. The Hall–Kier alpha value is -0.590. The van der Waals surface area contributed by atoms with Crippen molar-refractivity contribution in [1.82, 2.24) is 4.31 Å². The Morgan fingerprint density at radius 1 is 1.56 bits per heavy atom. The minimum absolute atomic E-state index is 0.0131. The average Bonchev–Trinajstić information content (AvgIpc) is 2.55. The van der Waals surface area contributed by atoms with E-state index in [0.717, 1.165) is 6.21 Å². The van der Waals surface area contributed by atoms with Gasteiger partial charge in [0, 0.05) is 17.5 Å². The second-order valence-electron chi connectivity index (χ2n) is 4.10. The quantitative estimate of drug-likeness (QED) is 0.619. The van der Waals surface area contributed by atoms with Gasteiger partial charge in [-0.25, -0.2) is 8.42 Å². The Labute approximate surface area is 101 Å². The zero-order chi connectivity index (χ0) is 12.4. The second-order valence-corrected chi connectivity index (χ2v) is 7.69. The van der Waals surface area contributed by atoms with Crippen molar-refractivity contribution in [2.24, 2.45) is 0 Å². The Morgan fingerprint density at radius 2 is 2.19 bits per heavy atom. The number of hydrogen-bond acceptors (Lipinski definition) is 4. The first kappa shape index (κ1) is 13.5. The van der Waals surface area contributed by atoms with Crippen LogP contribution in [-0.2, 0) is 10.0 Å². The molecule has 0 amide bonds. The van der Waals surface area contributed by atoms with Crippen molar-refractivity contribution in [2.75, 3.05) is 12.4 Å². The van der Waals surface area contributed by atoms with Crippen molar-refractivity contribution >= 4 is 28.0 Å². The predicted molar refractivity (Wildman–Crippen MR) is 69.2 cm³/mol. The second kappa shape index (κ2) is 4.73. The fourth-order valence-electron chi connectivity index (χ4n) is 1.39. The molecular weight excluding hydrogens is 244 g/mol. The van der Waals surface area contributed by atoms with Gasteiger partial charge in [0.2, 0.25) is 10.0 Å². The summed E-state index contributed by atoms with van der Waals surface area (Å²) >= 11 is 1.60. The molecule has 0 unspecified atom stereocenters. The monoisotopic (exact) mass is 260 g/mol. The lowest BCUT2D eigenvalue weighted by molar-refractivity contribution is 0.457. The molecule has 1 rings (SSSR count). The first-order valence-electron chi connectivity index (χ1n) is 4.81. The molecule has 0 saturated carbocycles. The van der Waals surface area contributed by atoms with E-state index in [4.69, 9.17) is 5.41 Å². The van der Waals surface area contributed by atoms with Crippen molar-refractivity contribution in [2.45, 2.75) is 18.6 Å². The first-order chi connectivity index (χ1) is 7.33. The summed E-state index contributed by atoms with van der Waals surface area (Å²) in [6, 6.07) is 0. The average molecular weight is 260 g/mol. The molecule has 1 fully saturated rings. The normalized spacial score (nSPS) is 22.0. The fraction of sp³-hybridized carbons (Fsp3) is 0.500. The topological polar surface area (TPSA) is 61.2 Å². The number of sulfonamides is 1. The lowest BCUT2D eigenvalue weighted by atomic mass is 10.2. The summed E-state index contributed by atoms with van der Waals surface area (Å²) in [5.74, 6) is 0.442. The van der Waals surface area contributed by atoms with Gasteiger partial charge in [-0.05, 0) is 19.9 Å². The number of allylic oxidation sites excluding steroid dienone is 3. The lowest BCUT2D eigenvalue weighted by Crippen LogP contribution is -2.33. The van der Waals surface area contributed by atoms with Gasteiger partial charge in [0.15, 0.2) is 0 Å². The van der Waals surface area contributed by atoms with Crippen molar-refractivity contribution in [3.63, 3.8) is 0 Å². The van der Waals surface area contributed by atoms with E-state index in [0.29, 0.717) is 12.4 Å². The Morgan fingerprint density at radius 3 is 2.56 bits per heavy atom. The van der Waals surface area contributed by atoms with Gasteiger partial charge < -0.3 is 5.41 Å². The van der Waals surface area contributed by atoms with Crippen molar-refractivity contribution in [3.05, 3.63) is 23.6 Å². The van der Waals surface area contributed by atoms with E-state index in [1.165, 1.54) is 16.5 Å². The van der Waals surface area contributed by atoms with E-state index < -0.39 is 10.0 Å². The summed E-state index contributed by atoms with van der Waals surface area (Å²) < 4.78 is 25.5. The van der Waals surface area contributed by atoms with E-state index in [9.17, 15) is 8.42 Å². The molecule has 0 radical (unpaired) electrons. The van der Waals surface area contributed by atoms with Crippen LogP contribution in [0.1, 0.15) is 13.8 Å². The van der Waals surface area contributed by atoms with Crippen molar-refractivity contribution in [3.8, 4) is 0 Å². The highest BCUT2D eigenvalue weighted by Gasteiger charge is 2.37. The standard InChI is InChI=1S/C10H16N2O2S2/c1-4-5-9(6-11)16(13,14)12-7-10(2,3)15-8-12/h4-6,11H,1,7-8H2,2-3H3/b9-5+,11-6?. The highest BCUT2D eigenvalue weighted by atomic mass is 32.2. The summed E-state index contributed by atoms with van der Waals surface area (Å²) in [7, 11) is -3.52. The molecule has 0 bridgehead atoms. The van der Waals surface area contributed by atoms with Gasteiger partial charge in [-0.3, -0.25) is 0 Å². The van der Waals surface area contributed by atoms with Gasteiger partial charge in [-0.2, -0.15) is 4.31 Å². The molecule has 4 nitrogen and oxygen atoms in total. The zero-order valence-electron chi connectivity index (χ0n) is 9.43. The molecule has 0 aromatic heterocycles. The van der Waals surface area contributed by atoms with Crippen LogP contribution in [0, 0.1) is 5.41 Å². The van der Waals surface area contributed by atoms with Gasteiger partial charge in [-0.1, -0.05) is 12.7 Å². The van der Waals surface area contributed by atoms with Crippen LogP contribution in [0.2, 0.25) is 0 Å². The lowest BCUT2D eigenvalue weighted by Gasteiger charge is -2.18. The molecular formula is C10H16N2O2S2. The fourth-order valence-corrected chi connectivity index (χ4v) is 4.23. The molecule has 1 heterocycles. The van der Waals surface area contributed by atoms with Crippen LogP contribution < -0.4 is 0 Å². The Balaban J connectivity index is 3.00. The Bertz CT molecular complexity index is 424. The molecule has 0 aromatic rings. The van der Waals surface area contributed by atoms with Crippen LogP contribution in [-0.4, -0.2) is 36.1 Å². The van der Waals surface area contributed by atoms with Crippen molar-refractivity contribution < 1.29 is 8.42 Å². The molecule has 1 saturated heterocycles. The van der Waals surface area contributed by atoms with Gasteiger partial charge in [0.1, 0.15) is 0 Å². The predicted octanol–water partition coefficient (Wildman–Crippen LogP) is 1.82. The van der Waals surface area contributed by atoms with E-state index in [1.54, 1.807) is 11.8 Å².